The highest BCUT2D eigenvalue weighted by Gasteiger charge is 2.07. The topological polar surface area (TPSA) is 59.6 Å². The number of halogens is 1. The number of carbonyl (C=O) groups excluding carboxylic acids is 1. The van der Waals surface area contributed by atoms with Crippen LogP contribution in [0, 0.1) is 18.2 Å². The number of ether oxygens (including phenoxy) is 2. The first-order valence-corrected chi connectivity index (χ1v) is 6.48. The number of carbonyl (C=O) groups is 1. The van der Waals surface area contributed by atoms with Crippen LogP contribution in [0.15, 0.2) is 18.2 Å². The van der Waals surface area contributed by atoms with E-state index >= 15 is 0 Å². The summed E-state index contributed by atoms with van der Waals surface area (Å²) in [5, 5.41) is 5.54. The Morgan fingerprint density at radius 2 is 2.29 bits per heavy atom. The molecule has 0 fully saturated rings. The van der Waals surface area contributed by atoms with Crippen molar-refractivity contribution in [3.05, 3.63) is 29.6 Å². The van der Waals surface area contributed by atoms with Crippen molar-refractivity contribution < 1.29 is 18.7 Å². The van der Waals surface area contributed by atoms with E-state index in [0.717, 1.165) is 5.56 Å². The van der Waals surface area contributed by atoms with Crippen LogP contribution in [0.3, 0.4) is 0 Å². The standard InChI is InChI=1S/C15H19FN2O3/c1-3-6-18-15(19)11-21-14-5-4-12(9-13(14)16)10-17-7-8-20-2/h1,4-5,9,17H,6-8,10-11H2,2H3,(H,18,19). The number of rotatable bonds is 9. The lowest BCUT2D eigenvalue weighted by Gasteiger charge is -2.09. The van der Waals surface area contributed by atoms with Crippen LogP contribution >= 0.6 is 0 Å². The molecule has 1 amide bonds. The van der Waals surface area contributed by atoms with Gasteiger partial charge >= 0.3 is 0 Å². The normalized spacial score (nSPS) is 9.95. The van der Waals surface area contributed by atoms with Gasteiger partial charge in [0, 0.05) is 20.2 Å². The minimum atomic E-state index is -0.509. The maximum absolute atomic E-state index is 13.8. The second kappa shape index (κ2) is 9.75. The molecule has 114 valence electrons. The molecule has 21 heavy (non-hydrogen) atoms. The third-order valence-corrected chi connectivity index (χ3v) is 2.55. The predicted molar refractivity (Wildman–Crippen MR) is 77.3 cm³/mol. The van der Waals surface area contributed by atoms with Crippen molar-refractivity contribution in [1.82, 2.24) is 10.6 Å². The van der Waals surface area contributed by atoms with Crippen molar-refractivity contribution in [1.29, 1.82) is 0 Å². The molecule has 1 rings (SSSR count). The van der Waals surface area contributed by atoms with E-state index in [1.807, 2.05) is 0 Å². The van der Waals surface area contributed by atoms with E-state index in [1.54, 1.807) is 13.2 Å². The monoisotopic (exact) mass is 294 g/mol. The molecule has 0 saturated heterocycles. The highest BCUT2D eigenvalue weighted by atomic mass is 19.1. The molecule has 0 radical (unpaired) electrons. The largest absolute Gasteiger partial charge is 0.481 e. The van der Waals surface area contributed by atoms with Crippen LogP contribution in [0.1, 0.15) is 5.56 Å². The van der Waals surface area contributed by atoms with E-state index in [4.69, 9.17) is 15.9 Å². The van der Waals surface area contributed by atoms with Gasteiger partial charge in [-0.2, -0.15) is 0 Å². The van der Waals surface area contributed by atoms with Crippen LogP contribution in [0.2, 0.25) is 0 Å². The highest BCUT2D eigenvalue weighted by Crippen LogP contribution is 2.18. The number of nitrogens with one attached hydrogen (secondary N) is 2. The van der Waals surface area contributed by atoms with E-state index in [0.29, 0.717) is 19.7 Å². The summed E-state index contributed by atoms with van der Waals surface area (Å²) >= 11 is 0. The Morgan fingerprint density at radius 3 is 2.95 bits per heavy atom. The number of amides is 1. The summed E-state index contributed by atoms with van der Waals surface area (Å²) in [6.07, 6.45) is 5.00. The molecule has 1 aromatic rings. The number of benzene rings is 1. The van der Waals surface area contributed by atoms with Crippen LogP contribution in [-0.4, -0.2) is 39.3 Å². The fourth-order valence-electron chi connectivity index (χ4n) is 1.52. The first-order chi connectivity index (χ1) is 10.2. The molecule has 0 atom stereocenters. The Bertz CT molecular complexity index is 500. The molecule has 0 aliphatic carbocycles. The van der Waals surface area contributed by atoms with Gasteiger partial charge in [0.25, 0.3) is 5.91 Å². The third-order valence-electron chi connectivity index (χ3n) is 2.55. The second-order valence-electron chi connectivity index (χ2n) is 4.20. The first kappa shape index (κ1) is 17.0. The van der Waals surface area contributed by atoms with Crippen molar-refractivity contribution in [2.45, 2.75) is 6.54 Å². The summed E-state index contributed by atoms with van der Waals surface area (Å²) < 4.78 is 23.8. The summed E-state index contributed by atoms with van der Waals surface area (Å²) in [4.78, 5) is 11.3. The van der Waals surface area contributed by atoms with Crippen LogP contribution in [-0.2, 0) is 16.1 Å². The van der Waals surface area contributed by atoms with Crippen LogP contribution in [0.5, 0.6) is 5.75 Å². The van der Waals surface area contributed by atoms with Crippen molar-refractivity contribution in [3.63, 3.8) is 0 Å². The van der Waals surface area contributed by atoms with Crippen LogP contribution in [0.4, 0.5) is 4.39 Å². The maximum atomic E-state index is 13.8. The molecule has 0 unspecified atom stereocenters. The molecule has 0 spiro atoms. The number of hydrogen-bond acceptors (Lipinski definition) is 4. The molecule has 2 N–H and O–H groups in total. The maximum Gasteiger partial charge on any atom is 0.258 e. The number of terminal acetylenes is 1. The van der Waals surface area contributed by atoms with Crippen LogP contribution in [0.25, 0.3) is 0 Å². The second-order valence-corrected chi connectivity index (χ2v) is 4.20. The summed E-state index contributed by atoms with van der Waals surface area (Å²) in [5.41, 5.74) is 0.785. The zero-order valence-electron chi connectivity index (χ0n) is 11.9. The van der Waals surface area contributed by atoms with Crippen molar-refractivity contribution in [3.8, 4) is 18.1 Å². The fraction of sp³-hybridized carbons (Fsp3) is 0.400. The van der Waals surface area contributed by atoms with E-state index in [-0.39, 0.29) is 18.9 Å². The summed E-state index contributed by atoms with van der Waals surface area (Å²) in [7, 11) is 1.62. The van der Waals surface area contributed by atoms with Gasteiger partial charge in [-0.25, -0.2) is 4.39 Å². The molecule has 0 aromatic heterocycles. The minimum absolute atomic E-state index is 0.0338. The van der Waals surface area contributed by atoms with Gasteiger partial charge in [0.2, 0.25) is 0 Å². The molecule has 6 heteroatoms. The van der Waals surface area contributed by atoms with Crippen molar-refractivity contribution in [2.24, 2.45) is 0 Å². The predicted octanol–water partition coefficient (Wildman–Crippen LogP) is 0.690. The quantitative estimate of drug-likeness (QED) is 0.520. The van der Waals surface area contributed by atoms with Gasteiger partial charge in [-0.05, 0) is 17.7 Å². The van der Waals surface area contributed by atoms with Crippen molar-refractivity contribution in [2.75, 3.05) is 33.4 Å². The van der Waals surface area contributed by atoms with Crippen LogP contribution < -0.4 is 15.4 Å². The van der Waals surface area contributed by atoms with Crippen molar-refractivity contribution >= 4 is 5.91 Å². The molecular formula is C15H19FN2O3. The van der Waals surface area contributed by atoms with E-state index in [9.17, 15) is 9.18 Å². The number of methoxy groups -OCH3 is 1. The van der Waals surface area contributed by atoms with E-state index in [1.165, 1.54) is 12.1 Å². The van der Waals surface area contributed by atoms with Gasteiger partial charge < -0.3 is 20.1 Å². The lowest BCUT2D eigenvalue weighted by molar-refractivity contribution is -0.122. The molecule has 0 aliphatic heterocycles. The Labute approximate surface area is 123 Å². The molecule has 0 bridgehead atoms. The Kier molecular flexibility index (Phi) is 7.87. The third kappa shape index (κ3) is 6.75. The Hall–Kier alpha value is -2.10. The molecule has 0 aliphatic rings. The first-order valence-electron chi connectivity index (χ1n) is 6.48. The molecular weight excluding hydrogens is 275 g/mol. The molecule has 0 heterocycles. The van der Waals surface area contributed by atoms with E-state index in [2.05, 4.69) is 16.6 Å². The molecule has 1 aromatic carbocycles. The summed E-state index contributed by atoms with van der Waals surface area (Å²) in [6, 6.07) is 4.60. The lowest BCUT2D eigenvalue weighted by atomic mass is 10.2. The SMILES string of the molecule is C#CCNC(=O)COc1ccc(CNCCOC)cc1F. The van der Waals surface area contributed by atoms with Gasteiger partial charge in [0.05, 0.1) is 13.2 Å². The zero-order chi connectivity index (χ0) is 15.5. The molecule has 5 nitrogen and oxygen atoms in total. The fourth-order valence-corrected chi connectivity index (χ4v) is 1.52. The van der Waals surface area contributed by atoms with E-state index < -0.39 is 11.7 Å². The average molecular weight is 294 g/mol. The summed E-state index contributed by atoms with van der Waals surface area (Å²) in [5.74, 6) is 1.40. The highest BCUT2D eigenvalue weighted by molar-refractivity contribution is 5.77. The van der Waals surface area contributed by atoms with Gasteiger partial charge in [-0.15, -0.1) is 6.42 Å². The lowest BCUT2D eigenvalue weighted by Crippen LogP contribution is -2.29. The van der Waals surface area contributed by atoms with Gasteiger partial charge in [0.15, 0.2) is 18.2 Å². The summed E-state index contributed by atoms with van der Waals surface area (Å²) in [6.45, 7) is 1.66. The smallest absolute Gasteiger partial charge is 0.258 e. The van der Waals surface area contributed by atoms with Gasteiger partial charge in [0.1, 0.15) is 0 Å². The minimum Gasteiger partial charge on any atom is -0.481 e. The Morgan fingerprint density at radius 1 is 1.48 bits per heavy atom. The average Bonchev–Trinajstić information content (AvgIpc) is 2.48. The molecule has 0 saturated carbocycles. The van der Waals surface area contributed by atoms with Gasteiger partial charge in [-0.1, -0.05) is 12.0 Å². The number of hydrogen-bond donors (Lipinski definition) is 2. The zero-order valence-corrected chi connectivity index (χ0v) is 11.9. The van der Waals surface area contributed by atoms with Gasteiger partial charge in [-0.3, -0.25) is 4.79 Å². The Balaban J connectivity index is 2.43.